The summed E-state index contributed by atoms with van der Waals surface area (Å²) in [5.41, 5.74) is 0.419. The van der Waals surface area contributed by atoms with Gasteiger partial charge in [0.25, 0.3) is 0 Å². The van der Waals surface area contributed by atoms with Crippen molar-refractivity contribution in [1.82, 2.24) is 4.90 Å². The molecule has 0 radical (unpaired) electrons. The third-order valence-corrected chi connectivity index (χ3v) is 4.29. The summed E-state index contributed by atoms with van der Waals surface area (Å²) in [4.78, 5) is 26.2. The molecule has 23 heavy (non-hydrogen) atoms. The Morgan fingerprint density at radius 3 is 2.43 bits per heavy atom. The number of rotatable bonds is 4. The Labute approximate surface area is 136 Å². The predicted molar refractivity (Wildman–Crippen MR) is 87.8 cm³/mol. The fraction of sp³-hybridized carbons (Fsp3) is 0.529. The highest BCUT2D eigenvalue weighted by Crippen LogP contribution is 2.29. The van der Waals surface area contributed by atoms with Crippen LogP contribution in [0.1, 0.15) is 32.1 Å². The van der Waals surface area contributed by atoms with Gasteiger partial charge in [-0.2, -0.15) is 0 Å². The molecular weight excluding hydrogens is 296 g/mol. The SMILES string of the molecule is COc1ccc(OC)c(NC(=O)C(=O)N(C)C2CCCCC2)c1. The van der Waals surface area contributed by atoms with Gasteiger partial charge in [0, 0.05) is 19.2 Å². The van der Waals surface area contributed by atoms with Crippen molar-refractivity contribution in [3.05, 3.63) is 18.2 Å². The molecule has 0 aliphatic heterocycles. The van der Waals surface area contributed by atoms with Gasteiger partial charge in [-0.15, -0.1) is 0 Å². The zero-order chi connectivity index (χ0) is 16.8. The minimum Gasteiger partial charge on any atom is -0.497 e. The largest absolute Gasteiger partial charge is 0.497 e. The Kier molecular flexibility index (Phi) is 5.84. The molecule has 1 aliphatic carbocycles. The number of ether oxygens (including phenoxy) is 2. The second-order valence-corrected chi connectivity index (χ2v) is 5.73. The highest BCUT2D eigenvalue weighted by Gasteiger charge is 2.27. The van der Waals surface area contributed by atoms with Crippen molar-refractivity contribution in [2.75, 3.05) is 26.6 Å². The van der Waals surface area contributed by atoms with Crippen LogP contribution in [0.4, 0.5) is 5.69 Å². The Hall–Kier alpha value is -2.24. The van der Waals surface area contributed by atoms with E-state index in [1.54, 1.807) is 30.1 Å². The van der Waals surface area contributed by atoms with Gasteiger partial charge < -0.3 is 19.7 Å². The van der Waals surface area contributed by atoms with Gasteiger partial charge in [0.15, 0.2) is 0 Å². The molecule has 2 rings (SSSR count). The number of amides is 2. The molecule has 0 heterocycles. The molecule has 6 nitrogen and oxygen atoms in total. The van der Waals surface area contributed by atoms with E-state index in [0.29, 0.717) is 17.2 Å². The van der Waals surface area contributed by atoms with Crippen molar-refractivity contribution in [3.63, 3.8) is 0 Å². The molecule has 1 fully saturated rings. The lowest BCUT2D eigenvalue weighted by molar-refractivity contribution is -0.144. The van der Waals surface area contributed by atoms with E-state index in [4.69, 9.17) is 9.47 Å². The van der Waals surface area contributed by atoms with E-state index in [2.05, 4.69) is 5.32 Å². The van der Waals surface area contributed by atoms with Gasteiger partial charge in [0.1, 0.15) is 11.5 Å². The minimum atomic E-state index is -0.662. The van der Waals surface area contributed by atoms with Gasteiger partial charge in [-0.25, -0.2) is 0 Å². The molecule has 6 heteroatoms. The first-order valence-electron chi connectivity index (χ1n) is 7.87. The van der Waals surface area contributed by atoms with Crippen molar-refractivity contribution in [3.8, 4) is 11.5 Å². The Bertz CT molecular complexity index is 568. The maximum atomic E-state index is 12.3. The number of hydrogen-bond donors (Lipinski definition) is 1. The van der Waals surface area contributed by atoms with Crippen LogP contribution in [0.5, 0.6) is 11.5 Å². The summed E-state index contributed by atoms with van der Waals surface area (Å²) in [5.74, 6) is -0.132. The Balaban J connectivity index is 2.07. The summed E-state index contributed by atoms with van der Waals surface area (Å²) in [6.07, 6.45) is 5.32. The molecule has 0 spiro atoms. The summed E-state index contributed by atoms with van der Waals surface area (Å²) < 4.78 is 10.3. The van der Waals surface area contributed by atoms with Crippen molar-refractivity contribution in [1.29, 1.82) is 0 Å². The van der Waals surface area contributed by atoms with E-state index in [0.717, 1.165) is 25.7 Å². The lowest BCUT2D eigenvalue weighted by Gasteiger charge is -2.30. The monoisotopic (exact) mass is 320 g/mol. The average molecular weight is 320 g/mol. The number of hydrogen-bond acceptors (Lipinski definition) is 4. The van der Waals surface area contributed by atoms with Crippen molar-refractivity contribution < 1.29 is 19.1 Å². The first-order valence-corrected chi connectivity index (χ1v) is 7.87. The van der Waals surface area contributed by atoms with Gasteiger partial charge >= 0.3 is 11.8 Å². The highest BCUT2D eigenvalue weighted by atomic mass is 16.5. The van der Waals surface area contributed by atoms with Gasteiger partial charge in [-0.1, -0.05) is 19.3 Å². The molecule has 0 atom stereocenters. The van der Waals surface area contributed by atoms with Crippen LogP contribution >= 0.6 is 0 Å². The number of methoxy groups -OCH3 is 2. The number of benzene rings is 1. The maximum Gasteiger partial charge on any atom is 0.314 e. The van der Waals surface area contributed by atoms with Crippen LogP contribution in [0, 0.1) is 0 Å². The van der Waals surface area contributed by atoms with Crippen LogP contribution in [0.2, 0.25) is 0 Å². The maximum absolute atomic E-state index is 12.3. The fourth-order valence-corrected chi connectivity index (χ4v) is 2.88. The van der Waals surface area contributed by atoms with Gasteiger partial charge in [-0.3, -0.25) is 9.59 Å². The van der Waals surface area contributed by atoms with E-state index in [1.807, 2.05) is 0 Å². The standard InChI is InChI=1S/C17H24N2O4/c1-19(12-7-5-4-6-8-12)17(21)16(20)18-14-11-13(22-2)9-10-15(14)23-3/h9-12H,4-8H2,1-3H3,(H,18,20). The molecule has 1 aliphatic rings. The lowest BCUT2D eigenvalue weighted by Crippen LogP contribution is -2.44. The first-order chi connectivity index (χ1) is 11.1. The number of carbonyl (C=O) groups is 2. The second kappa shape index (κ2) is 7.85. The summed E-state index contributed by atoms with van der Waals surface area (Å²) in [6.45, 7) is 0. The van der Waals surface area contributed by atoms with Crippen LogP contribution in [-0.2, 0) is 9.59 Å². The summed E-state index contributed by atoms with van der Waals surface area (Å²) in [5, 5.41) is 2.62. The lowest BCUT2D eigenvalue weighted by atomic mass is 9.94. The molecule has 1 aromatic rings. The highest BCUT2D eigenvalue weighted by molar-refractivity contribution is 6.39. The summed E-state index contributed by atoms with van der Waals surface area (Å²) in [7, 11) is 4.74. The molecule has 126 valence electrons. The normalized spacial score (nSPS) is 14.9. The molecular formula is C17H24N2O4. The van der Waals surface area contributed by atoms with Crippen LogP contribution < -0.4 is 14.8 Å². The van der Waals surface area contributed by atoms with Gasteiger partial charge in [-0.05, 0) is 25.0 Å². The Morgan fingerprint density at radius 1 is 1.13 bits per heavy atom. The minimum absolute atomic E-state index is 0.147. The Morgan fingerprint density at radius 2 is 1.83 bits per heavy atom. The number of carbonyl (C=O) groups excluding carboxylic acids is 2. The molecule has 1 aromatic carbocycles. The average Bonchev–Trinajstić information content (AvgIpc) is 2.61. The third kappa shape index (κ3) is 4.15. The number of nitrogens with one attached hydrogen (secondary N) is 1. The molecule has 0 aromatic heterocycles. The quantitative estimate of drug-likeness (QED) is 0.865. The van der Waals surface area contributed by atoms with Crippen molar-refractivity contribution >= 4 is 17.5 Å². The third-order valence-electron chi connectivity index (χ3n) is 4.29. The predicted octanol–water partition coefficient (Wildman–Crippen LogP) is 2.43. The van der Waals surface area contributed by atoms with E-state index in [9.17, 15) is 9.59 Å². The zero-order valence-electron chi connectivity index (χ0n) is 13.9. The van der Waals surface area contributed by atoms with Crippen LogP contribution in [-0.4, -0.2) is 44.0 Å². The molecule has 0 bridgehead atoms. The van der Waals surface area contributed by atoms with Crippen molar-refractivity contribution in [2.45, 2.75) is 38.1 Å². The fourth-order valence-electron chi connectivity index (χ4n) is 2.88. The molecule has 0 unspecified atom stereocenters. The second-order valence-electron chi connectivity index (χ2n) is 5.73. The summed E-state index contributed by atoms with van der Waals surface area (Å²) in [6, 6.07) is 5.19. The number of nitrogens with zero attached hydrogens (tertiary/aromatic N) is 1. The van der Waals surface area contributed by atoms with E-state index in [1.165, 1.54) is 20.6 Å². The van der Waals surface area contributed by atoms with Gasteiger partial charge in [0.05, 0.1) is 19.9 Å². The molecule has 2 amide bonds. The number of likely N-dealkylation sites (N-methyl/N-ethyl adjacent to an activating group) is 1. The molecule has 1 saturated carbocycles. The van der Waals surface area contributed by atoms with E-state index < -0.39 is 11.8 Å². The molecule has 0 saturated heterocycles. The first kappa shape index (κ1) is 17.1. The van der Waals surface area contributed by atoms with E-state index in [-0.39, 0.29) is 6.04 Å². The van der Waals surface area contributed by atoms with Gasteiger partial charge in [0.2, 0.25) is 0 Å². The smallest absolute Gasteiger partial charge is 0.314 e. The van der Waals surface area contributed by atoms with Crippen molar-refractivity contribution in [2.24, 2.45) is 0 Å². The number of anilines is 1. The zero-order valence-corrected chi connectivity index (χ0v) is 13.9. The van der Waals surface area contributed by atoms with Crippen LogP contribution in [0.3, 0.4) is 0 Å². The molecule has 1 N–H and O–H groups in total. The van der Waals surface area contributed by atoms with Crippen LogP contribution in [0.25, 0.3) is 0 Å². The van der Waals surface area contributed by atoms with Crippen LogP contribution in [0.15, 0.2) is 18.2 Å². The topological polar surface area (TPSA) is 67.9 Å². The van der Waals surface area contributed by atoms with E-state index >= 15 is 0 Å². The summed E-state index contributed by atoms with van der Waals surface area (Å²) >= 11 is 0.